The van der Waals surface area contributed by atoms with E-state index in [1.807, 2.05) is 44.2 Å². The van der Waals surface area contributed by atoms with Crippen LogP contribution in [-0.2, 0) is 16.0 Å². The van der Waals surface area contributed by atoms with Crippen LogP contribution in [0.4, 0.5) is 0 Å². The number of carbonyl (C=O) groups excluding carboxylic acids is 2. The highest BCUT2D eigenvalue weighted by molar-refractivity contribution is 6.02. The van der Waals surface area contributed by atoms with Crippen LogP contribution in [-0.4, -0.2) is 35.7 Å². The second-order valence-corrected chi connectivity index (χ2v) is 7.06. The second kappa shape index (κ2) is 8.82. The first-order chi connectivity index (χ1) is 12.7. The molecule has 0 heterocycles. The first kappa shape index (κ1) is 20.6. The Balaban J connectivity index is 1.89. The molecule has 0 saturated carbocycles. The van der Waals surface area contributed by atoms with Crippen molar-refractivity contribution in [1.29, 1.82) is 0 Å². The van der Waals surface area contributed by atoms with Gasteiger partial charge >= 0.3 is 5.97 Å². The normalized spacial score (nSPS) is 11.1. The van der Waals surface area contributed by atoms with Crippen molar-refractivity contribution < 1.29 is 24.2 Å². The smallest absolute Gasteiger partial charge is 0.310 e. The number of aryl methyl sites for hydroxylation is 2. The summed E-state index contributed by atoms with van der Waals surface area (Å²) in [6, 6.07) is 12.8. The van der Waals surface area contributed by atoms with Gasteiger partial charge in [-0.1, -0.05) is 30.3 Å². The molecule has 0 radical (unpaired) electrons. The van der Waals surface area contributed by atoms with Gasteiger partial charge in [-0.3, -0.25) is 9.59 Å². The molecule has 2 aromatic rings. The molecule has 144 valence electrons. The number of Topliss-reactive ketones (excluding diaryl/α,β-unsaturated/α-hetero) is 1. The molecule has 0 aromatic heterocycles. The molecule has 5 nitrogen and oxygen atoms in total. The Kier molecular flexibility index (Phi) is 6.75. The summed E-state index contributed by atoms with van der Waals surface area (Å²) in [5.41, 5.74) is 1.51. The third kappa shape index (κ3) is 5.93. The summed E-state index contributed by atoms with van der Waals surface area (Å²) in [7, 11) is 0. The number of aliphatic hydroxyl groups is 1. The van der Waals surface area contributed by atoms with Crippen molar-refractivity contribution in [1.82, 2.24) is 0 Å². The number of benzene rings is 2. The minimum Gasteiger partial charge on any atom is -0.489 e. The Morgan fingerprint density at radius 3 is 2.15 bits per heavy atom. The maximum atomic E-state index is 12.2. The van der Waals surface area contributed by atoms with Gasteiger partial charge in [-0.2, -0.15) is 0 Å². The number of hydrogen-bond donors (Lipinski definition) is 1. The molecule has 0 atom stereocenters. The first-order valence-electron chi connectivity index (χ1n) is 8.89. The molecule has 0 aliphatic rings. The highest BCUT2D eigenvalue weighted by Gasteiger charge is 2.26. The highest BCUT2D eigenvalue weighted by Crippen LogP contribution is 2.26. The molecule has 0 saturated heterocycles. The molecule has 0 fully saturated rings. The Hall–Kier alpha value is -2.66. The van der Waals surface area contributed by atoms with E-state index in [1.54, 1.807) is 12.1 Å². The summed E-state index contributed by atoms with van der Waals surface area (Å²) in [5.74, 6) is 0.0147. The quantitative estimate of drug-likeness (QED) is 0.438. The van der Waals surface area contributed by atoms with Gasteiger partial charge in [0.2, 0.25) is 0 Å². The zero-order valence-electron chi connectivity index (χ0n) is 16.2. The number of hydrogen-bond acceptors (Lipinski definition) is 5. The second-order valence-electron chi connectivity index (χ2n) is 7.06. The Morgan fingerprint density at radius 1 is 1.00 bits per heavy atom. The minimum absolute atomic E-state index is 0.148. The standard InChI is InChI=1S/C22H26O5/c1-15-12-18(21(24)22(3,4)25)13-16(2)20(15)27-11-10-26-19(23)14-17-8-6-5-7-9-17/h5-9,12-13,25H,10-11,14H2,1-4H3. The van der Waals surface area contributed by atoms with E-state index >= 15 is 0 Å². The molecule has 2 rings (SSSR count). The van der Waals surface area contributed by atoms with Crippen LogP contribution in [0, 0.1) is 13.8 Å². The minimum atomic E-state index is -1.42. The maximum absolute atomic E-state index is 12.2. The summed E-state index contributed by atoms with van der Waals surface area (Å²) in [6.45, 7) is 6.98. The van der Waals surface area contributed by atoms with Crippen LogP contribution in [0.25, 0.3) is 0 Å². The average molecular weight is 370 g/mol. The molecule has 2 aromatic carbocycles. The van der Waals surface area contributed by atoms with Crippen molar-refractivity contribution in [3.05, 3.63) is 64.7 Å². The fraction of sp³-hybridized carbons (Fsp3) is 0.364. The number of rotatable bonds is 8. The monoisotopic (exact) mass is 370 g/mol. The van der Waals surface area contributed by atoms with Crippen LogP contribution in [0.2, 0.25) is 0 Å². The fourth-order valence-electron chi connectivity index (χ4n) is 2.78. The van der Waals surface area contributed by atoms with E-state index in [4.69, 9.17) is 9.47 Å². The van der Waals surface area contributed by atoms with E-state index < -0.39 is 5.60 Å². The zero-order valence-corrected chi connectivity index (χ0v) is 16.2. The lowest BCUT2D eigenvalue weighted by atomic mass is 9.94. The van der Waals surface area contributed by atoms with Crippen LogP contribution >= 0.6 is 0 Å². The van der Waals surface area contributed by atoms with Gasteiger partial charge in [-0.25, -0.2) is 0 Å². The summed E-state index contributed by atoms with van der Waals surface area (Å²) in [5, 5.41) is 9.89. The average Bonchev–Trinajstić information content (AvgIpc) is 2.59. The van der Waals surface area contributed by atoms with Gasteiger partial charge in [0, 0.05) is 5.56 Å². The van der Waals surface area contributed by atoms with E-state index in [2.05, 4.69) is 0 Å². The van der Waals surface area contributed by atoms with E-state index in [0.717, 1.165) is 16.7 Å². The summed E-state index contributed by atoms with van der Waals surface area (Å²) < 4.78 is 10.9. The molecule has 0 aliphatic carbocycles. The van der Waals surface area contributed by atoms with Gasteiger partial charge in [0.15, 0.2) is 5.78 Å². The summed E-state index contributed by atoms with van der Waals surface area (Å²) in [6.07, 6.45) is 0.229. The van der Waals surface area contributed by atoms with E-state index in [-0.39, 0.29) is 31.4 Å². The third-order valence-electron chi connectivity index (χ3n) is 4.06. The molecular weight excluding hydrogens is 344 g/mol. The number of carbonyl (C=O) groups is 2. The first-order valence-corrected chi connectivity index (χ1v) is 8.89. The van der Waals surface area contributed by atoms with Gasteiger partial charge in [-0.15, -0.1) is 0 Å². The molecule has 0 spiro atoms. The van der Waals surface area contributed by atoms with Crippen LogP contribution in [0.15, 0.2) is 42.5 Å². The van der Waals surface area contributed by atoms with Crippen molar-refractivity contribution in [3.63, 3.8) is 0 Å². The largest absolute Gasteiger partial charge is 0.489 e. The molecular formula is C22H26O5. The lowest BCUT2D eigenvalue weighted by molar-refractivity contribution is -0.143. The topological polar surface area (TPSA) is 72.8 Å². The molecule has 0 unspecified atom stereocenters. The van der Waals surface area contributed by atoms with Crippen LogP contribution < -0.4 is 4.74 Å². The van der Waals surface area contributed by atoms with Crippen molar-refractivity contribution in [2.75, 3.05) is 13.2 Å². The van der Waals surface area contributed by atoms with E-state index in [0.29, 0.717) is 11.3 Å². The molecule has 1 N–H and O–H groups in total. The van der Waals surface area contributed by atoms with Gasteiger partial charge in [0.1, 0.15) is 24.6 Å². The van der Waals surface area contributed by atoms with Crippen molar-refractivity contribution in [2.45, 2.75) is 39.7 Å². The Labute approximate surface area is 159 Å². The molecule has 5 heteroatoms. The predicted octanol–water partition coefficient (Wildman–Crippen LogP) is 3.42. The Morgan fingerprint density at radius 2 is 1.59 bits per heavy atom. The van der Waals surface area contributed by atoms with Gasteiger partial charge < -0.3 is 14.6 Å². The third-order valence-corrected chi connectivity index (χ3v) is 4.06. The van der Waals surface area contributed by atoms with Crippen LogP contribution in [0.1, 0.15) is 40.9 Å². The highest BCUT2D eigenvalue weighted by atomic mass is 16.6. The van der Waals surface area contributed by atoms with Gasteiger partial charge in [-0.05, 0) is 56.5 Å². The number of ketones is 1. The van der Waals surface area contributed by atoms with Crippen LogP contribution in [0.3, 0.4) is 0 Å². The summed E-state index contributed by atoms with van der Waals surface area (Å²) >= 11 is 0. The lowest BCUT2D eigenvalue weighted by Crippen LogP contribution is -2.31. The number of ether oxygens (including phenoxy) is 2. The van der Waals surface area contributed by atoms with Gasteiger partial charge in [0.05, 0.1) is 6.42 Å². The lowest BCUT2D eigenvalue weighted by Gasteiger charge is -2.18. The fourth-order valence-corrected chi connectivity index (χ4v) is 2.78. The molecule has 0 aliphatic heterocycles. The predicted molar refractivity (Wildman–Crippen MR) is 103 cm³/mol. The molecule has 27 heavy (non-hydrogen) atoms. The van der Waals surface area contributed by atoms with Crippen molar-refractivity contribution in [2.24, 2.45) is 0 Å². The summed E-state index contributed by atoms with van der Waals surface area (Å²) in [4.78, 5) is 24.1. The molecule has 0 amide bonds. The SMILES string of the molecule is Cc1cc(C(=O)C(C)(C)O)cc(C)c1OCCOC(=O)Cc1ccccc1. The van der Waals surface area contributed by atoms with E-state index in [9.17, 15) is 14.7 Å². The maximum Gasteiger partial charge on any atom is 0.310 e. The molecule has 0 bridgehead atoms. The van der Waals surface area contributed by atoms with Crippen molar-refractivity contribution >= 4 is 11.8 Å². The van der Waals surface area contributed by atoms with Crippen molar-refractivity contribution in [3.8, 4) is 5.75 Å². The Bertz CT molecular complexity index is 780. The number of esters is 1. The zero-order chi connectivity index (χ0) is 20.0. The van der Waals surface area contributed by atoms with Crippen LogP contribution in [0.5, 0.6) is 5.75 Å². The van der Waals surface area contributed by atoms with E-state index in [1.165, 1.54) is 13.8 Å². The van der Waals surface area contributed by atoms with Gasteiger partial charge in [0.25, 0.3) is 0 Å².